The molecule has 0 saturated carbocycles. The Morgan fingerprint density at radius 3 is 2.50 bits per heavy atom. The lowest BCUT2D eigenvalue weighted by atomic mass is 10.00. The number of rotatable bonds is 5. The Morgan fingerprint density at radius 1 is 1.30 bits per heavy atom. The van der Waals surface area contributed by atoms with E-state index in [1.165, 1.54) is 7.11 Å². The molecular formula is C21H19F3N4O2. The molecule has 0 fully saturated rings. The van der Waals surface area contributed by atoms with Gasteiger partial charge < -0.3 is 10.1 Å². The average Bonchev–Trinajstić information content (AvgIpc) is 3.16. The fourth-order valence-corrected chi connectivity index (χ4v) is 2.78. The lowest BCUT2D eigenvalue weighted by molar-refractivity contribution is -0.142. The first-order valence-electron chi connectivity index (χ1n) is 9.02. The van der Waals surface area contributed by atoms with Gasteiger partial charge in [-0.15, -0.1) is 6.42 Å². The number of alkyl halides is 3. The molecule has 0 radical (unpaired) electrons. The first kappa shape index (κ1) is 21.2. The summed E-state index contributed by atoms with van der Waals surface area (Å²) in [4.78, 5) is 17.0. The number of benzene rings is 1. The first-order valence-corrected chi connectivity index (χ1v) is 9.02. The minimum Gasteiger partial charge on any atom is -0.497 e. The lowest BCUT2D eigenvalue weighted by Gasteiger charge is -2.23. The standard InChI is InChI=1S/C21H19F3N4O2/c1-5-20(3,6-2)27-19(29)15-12-25-28-17(21(22,23)24)11-16(26-18(15)28)13-7-9-14(30-4)10-8-13/h1,7-12H,6H2,2-4H3,(H,27,29). The maximum absolute atomic E-state index is 13.7. The van der Waals surface area contributed by atoms with Gasteiger partial charge in [0, 0.05) is 5.56 Å². The van der Waals surface area contributed by atoms with Crippen LogP contribution in [0.4, 0.5) is 13.2 Å². The van der Waals surface area contributed by atoms with Crippen molar-refractivity contribution in [1.82, 2.24) is 19.9 Å². The molecule has 1 atom stereocenters. The highest BCUT2D eigenvalue weighted by Gasteiger charge is 2.36. The molecule has 3 rings (SSSR count). The van der Waals surface area contributed by atoms with Crippen LogP contribution in [0.25, 0.3) is 16.9 Å². The van der Waals surface area contributed by atoms with Crippen molar-refractivity contribution >= 4 is 11.6 Å². The number of methoxy groups -OCH3 is 1. The van der Waals surface area contributed by atoms with Gasteiger partial charge in [0.2, 0.25) is 0 Å². The summed E-state index contributed by atoms with van der Waals surface area (Å²) in [5.41, 5.74) is -1.85. The largest absolute Gasteiger partial charge is 0.497 e. The molecule has 0 aliphatic heterocycles. The molecule has 1 unspecified atom stereocenters. The first-order chi connectivity index (χ1) is 14.1. The van der Waals surface area contributed by atoms with Crippen LogP contribution >= 0.6 is 0 Å². The van der Waals surface area contributed by atoms with Gasteiger partial charge in [0.25, 0.3) is 5.91 Å². The molecule has 3 aromatic rings. The van der Waals surface area contributed by atoms with Gasteiger partial charge in [0.1, 0.15) is 11.3 Å². The lowest BCUT2D eigenvalue weighted by Crippen LogP contribution is -2.44. The van der Waals surface area contributed by atoms with E-state index in [9.17, 15) is 18.0 Å². The van der Waals surface area contributed by atoms with E-state index in [-0.39, 0.29) is 16.9 Å². The number of ether oxygens (including phenoxy) is 1. The Labute approximate surface area is 171 Å². The second-order valence-electron chi connectivity index (χ2n) is 6.83. The molecule has 30 heavy (non-hydrogen) atoms. The van der Waals surface area contributed by atoms with Crippen molar-refractivity contribution in [3.05, 3.63) is 47.8 Å². The number of carbonyl (C=O) groups excluding carboxylic acids is 1. The minimum absolute atomic E-state index is 0.0437. The van der Waals surface area contributed by atoms with Gasteiger partial charge in [-0.1, -0.05) is 12.8 Å². The van der Waals surface area contributed by atoms with Gasteiger partial charge in [-0.2, -0.15) is 18.3 Å². The Balaban J connectivity index is 2.17. The number of terminal acetylenes is 1. The Bertz CT molecular complexity index is 1130. The van der Waals surface area contributed by atoms with Crippen molar-refractivity contribution in [2.24, 2.45) is 0 Å². The molecule has 1 amide bonds. The summed E-state index contributed by atoms with van der Waals surface area (Å²) in [5, 5.41) is 6.41. The van der Waals surface area contributed by atoms with Crippen molar-refractivity contribution in [3.63, 3.8) is 0 Å². The molecule has 0 spiro atoms. The zero-order valence-corrected chi connectivity index (χ0v) is 16.5. The normalized spacial score (nSPS) is 13.5. The summed E-state index contributed by atoms with van der Waals surface area (Å²) >= 11 is 0. The summed E-state index contributed by atoms with van der Waals surface area (Å²) in [5.74, 6) is 2.38. The van der Waals surface area contributed by atoms with Crippen LogP contribution in [0.3, 0.4) is 0 Å². The third-order valence-corrected chi connectivity index (χ3v) is 4.81. The number of nitrogens with one attached hydrogen (secondary N) is 1. The van der Waals surface area contributed by atoms with Crippen LogP contribution in [0.1, 0.15) is 36.3 Å². The van der Waals surface area contributed by atoms with E-state index in [2.05, 4.69) is 21.3 Å². The molecule has 6 nitrogen and oxygen atoms in total. The van der Waals surface area contributed by atoms with E-state index in [1.54, 1.807) is 38.1 Å². The third-order valence-electron chi connectivity index (χ3n) is 4.81. The summed E-state index contributed by atoms with van der Waals surface area (Å²) in [6, 6.07) is 7.28. The van der Waals surface area contributed by atoms with Gasteiger partial charge in [0.05, 0.1) is 24.5 Å². The Morgan fingerprint density at radius 2 is 1.97 bits per heavy atom. The fraction of sp³-hybridized carbons (Fsp3) is 0.286. The molecule has 1 aromatic carbocycles. The monoisotopic (exact) mass is 416 g/mol. The van der Waals surface area contributed by atoms with Crippen molar-refractivity contribution in [2.75, 3.05) is 7.11 Å². The van der Waals surface area contributed by atoms with Crippen molar-refractivity contribution < 1.29 is 22.7 Å². The number of hydrogen-bond acceptors (Lipinski definition) is 4. The van der Waals surface area contributed by atoms with Gasteiger partial charge in [0.15, 0.2) is 11.3 Å². The summed E-state index contributed by atoms with van der Waals surface area (Å²) in [6.45, 7) is 3.44. The number of aromatic nitrogens is 3. The summed E-state index contributed by atoms with van der Waals surface area (Å²) < 4.78 is 46.7. The number of halogens is 3. The topological polar surface area (TPSA) is 68.5 Å². The third kappa shape index (κ3) is 3.94. The fourth-order valence-electron chi connectivity index (χ4n) is 2.78. The maximum atomic E-state index is 13.7. The molecule has 0 bridgehead atoms. The minimum atomic E-state index is -4.71. The molecule has 0 aliphatic carbocycles. The highest BCUT2D eigenvalue weighted by molar-refractivity contribution is 6.00. The molecule has 0 aliphatic rings. The summed E-state index contributed by atoms with van der Waals surface area (Å²) in [7, 11) is 1.48. The van der Waals surface area contributed by atoms with E-state index in [0.29, 0.717) is 22.2 Å². The van der Waals surface area contributed by atoms with Crippen LogP contribution in [0.15, 0.2) is 36.5 Å². The van der Waals surface area contributed by atoms with Crippen LogP contribution < -0.4 is 10.1 Å². The molecule has 2 aromatic heterocycles. The second-order valence-corrected chi connectivity index (χ2v) is 6.83. The maximum Gasteiger partial charge on any atom is 0.433 e. The smallest absolute Gasteiger partial charge is 0.433 e. The van der Waals surface area contributed by atoms with Crippen molar-refractivity contribution in [3.8, 4) is 29.4 Å². The van der Waals surface area contributed by atoms with Crippen molar-refractivity contribution in [1.29, 1.82) is 0 Å². The predicted molar refractivity (Wildman–Crippen MR) is 105 cm³/mol. The van der Waals surface area contributed by atoms with E-state index in [0.717, 1.165) is 12.3 Å². The van der Waals surface area contributed by atoms with Crippen molar-refractivity contribution in [2.45, 2.75) is 32.0 Å². The highest BCUT2D eigenvalue weighted by Crippen LogP contribution is 2.33. The van der Waals surface area contributed by atoms with Crippen LogP contribution in [-0.2, 0) is 6.18 Å². The van der Waals surface area contributed by atoms with Crippen LogP contribution in [0, 0.1) is 12.3 Å². The predicted octanol–water partition coefficient (Wildman–Crippen LogP) is 3.96. The quantitative estimate of drug-likeness (QED) is 0.640. The number of nitrogens with zero attached hydrogens (tertiary/aromatic N) is 3. The molecular weight excluding hydrogens is 397 g/mol. The van der Waals surface area contributed by atoms with E-state index in [1.807, 2.05) is 0 Å². The molecule has 9 heteroatoms. The number of hydrogen-bond donors (Lipinski definition) is 1. The molecule has 156 valence electrons. The Kier molecular flexibility index (Phi) is 5.44. The zero-order valence-electron chi connectivity index (χ0n) is 16.5. The van der Waals surface area contributed by atoms with Crippen LogP contribution in [-0.4, -0.2) is 33.2 Å². The number of amides is 1. The highest BCUT2D eigenvalue weighted by atomic mass is 19.4. The van der Waals surface area contributed by atoms with Gasteiger partial charge in [-0.3, -0.25) is 4.79 Å². The number of carbonyl (C=O) groups is 1. The van der Waals surface area contributed by atoms with Crippen LogP contribution in [0.2, 0.25) is 0 Å². The second kappa shape index (κ2) is 7.71. The molecule has 0 saturated heterocycles. The number of fused-ring (bicyclic) bond motifs is 1. The Hall–Kier alpha value is -3.54. The van der Waals surface area contributed by atoms with Gasteiger partial charge >= 0.3 is 6.18 Å². The van der Waals surface area contributed by atoms with Crippen LogP contribution in [0.5, 0.6) is 5.75 Å². The van der Waals surface area contributed by atoms with E-state index >= 15 is 0 Å². The van der Waals surface area contributed by atoms with E-state index in [4.69, 9.17) is 11.2 Å². The molecule has 2 heterocycles. The SMILES string of the molecule is C#CC(C)(CC)NC(=O)c1cnn2c(C(F)(F)F)cc(-c3ccc(OC)cc3)nc12. The molecule has 1 N–H and O–H groups in total. The zero-order chi connectivity index (χ0) is 22.1. The average molecular weight is 416 g/mol. The van der Waals surface area contributed by atoms with Gasteiger partial charge in [-0.25, -0.2) is 9.50 Å². The van der Waals surface area contributed by atoms with Gasteiger partial charge in [-0.05, 0) is 43.7 Å². The van der Waals surface area contributed by atoms with E-state index < -0.39 is 23.3 Å². The summed E-state index contributed by atoms with van der Waals surface area (Å²) in [6.07, 6.45) is 2.26.